The Bertz CT molecular complexity index is 1090. The summed E-state index contributed by atoms with van der Waals surface area (Å²) >= 11 is 0. The third-order valence-electron chi connectivity index (χ3n) is 6.66. The van der Waals surface area contributed by atoms with Gasteiger partial charge in [0.2, 0.25) is 0 Å². The fourth-order valence-corrected chi connectivity index (χ4v) is 4.83. The van der Waals surface area contributed by atoms with Crippen LogP contribution in [0, 0.1) is 6.92 Å². The highest BCUT2D eigenvalue weighted by atomic mass is 19.1. The topological polar surface area (TPSA) is 87.1 Å². The van der Waals surface area contributed by atoms with E-state index in [9.17, 15) is 5.11 Å². The molecule has 2 N–H and O–H groups in total. The maximum Gasteiger partial charge on any atom is 0.151 e. The molecule has 1 aromatic carbocycles. The molecular weight excluding hydrogens is 407 g/mol. The summed E-state index contributed by atoms with van der Waals surface area (Å²) in [5.41, 5.74) is 3.43. The first kappa shape index (κ1) is 20.8. The predicted molar refractivity (Wildman–Crippen MR) is 121 cm³/mol. The number of aromatic hydroxyl groups is 1. The first-order valence-electron chi connectivity index (χ1n) is 11.1. The van der Waals surface area contributed by atoms with E-state index in [0.717, 1.165) is 36.9 Å². The van der Waals surface area contributed by atoms with Crippen LogP contribution < -0.4 is 10.2 Å². The zero-order valence-electron chi connectivity index (χ0n) is 18.2. The molecule has 7 nitrogen and oxygen atoms in total. The minimum atomic E-state index is -0.931. The van der Waals surface area contributed by atoms with Crippen LogP contribution in [0.4, 0.5) is 10.2 Å². The van der Waals surface area contributed by atoms with Crippen LogP contribution in [0.5, 0.6) is 5.75 Å². The average molecular weight is 435 g/mol. The highest BCUT2D eigenvalue weighted by Crippen LogP contribution is 2.34. The van der Waals surface area contributed by atoms with Crippen LogP contribution >= 0.6 is 0 Å². The molecule has 0 aliphatic carbocycles. The van der Waals surface area contributed by atoms with E-state index in [-0.39, 0.29) is 17.8 Å². The normalized spacial score (nSPS) is 24.8. The quantitative estimate of drug-likeness (QED) is 0.648. The lowest BCUT2D eigenvalue weighted by molar-refractivity contribution is 0.107. The van der Waals surface area contributed by atoms with E-state index in [4.69, 9.17) is 0 Å². The molecule has 2 aliphatic rings. The van der Waals surface area contributed by atoms with Gasteiger partial charge in [-0.05, 0) is 50.5 Å². The zero-order chi connectivity index (χ0) is 22.2. The van der Waals surface area contributed by atoms with Gasteiger partial charge in [-0.15, -0.1) is 10.2 Å². The van der Waals surface area contributed by atoms with Gasteiger partial charge < -0.3 is 15.3 Å². The van der Waals surface area contributed by atoms with Crippen molar-refractivity contribution in [2.45, 2.75) is 56.9 Å². The second-order valence-electron chi connectivity index (χ2n) is 8.81. The van der Waals surface area contributed by atoms with Crippen molar-refractivity contribution in [1.82, 2.24) is 25.5 Å². The number of benzene rings is 1. The number of fused-ring (bicyclic) bond motifs is 2. The number of anilines is 1. The van der Waals surface area contributed by atoms with Crippen LogP contribution in [-0.4, -0.2) is 56.6 Å². The second-order valence-corrected chi connectivity index (χ2v) is 8.81. The fraction of sp³-hybridized carbons (Fsp3) is 0.417. The lowest BCUT2D eigenvalue weighted by Gasteiger charge is -2.46. The van der Waals surface area contributed by atoms with Crippen LogP contribution in [0.2, 0.25) is 0 Å². The minimum Gasteiger partial charge on any atom is -0.507 e. The van der Waals surface area contributed by atoms with Crippen LogP contribution in [0.15, 0.2) is 42.7 Å². The number of phenols is 1. The number of alkyl halides is 1. The molecule has 4 atom stereocenters. The third kappa shape index (κ3) is 3.90. The molecule has 0 radical (unpaired) electrons. The maximum absolute atomic E-state index is 15.1. The molecule has 2 saturated heterocycles. The molecule has 32 heavy (non-hydrogen) atoms. The number of nitrogens with one attached hydrogen (secondary N) is 1. The summed E-state index contributed by atoms with van der Waals surface area (Å²) in [5, 5.41) is 22.7. The number of aromatic nitrogens is 4. The van der Waals surface area contributed by atoms with Gasteiger partial charge >= 0.3 is 0 Å². The number of hydrogen-bond donors (Lipinski definition) is 2. The number of nitrogens with zero attached hydrogens (tertiary/aromatic N) is 5. The Labute approximate surface area is 186 Å². The van der Waals surface area contributed by atoms with E-state index in [1.165, 1.54) is 0 Å². The molecule has 0 amide bonds. The van der Waals surface area contributed by atoms with Crippen molar-refractivity contribution in [3.05, 3.63) is 48.4 Å². The number of phenolic OH excluding ortho intramolecular Hbond substituents is 1. The van der Waals surface area contributed by atoms with E-state index < -0.39 is 6.17 Å². The molecule has 8 heteroatoms. The van der Waals surface area contributed by atoms with Gasteiger partial charge in [-0.25, -0.2) is 4.39 Å². The number of hydrogen-bond acceptors (Lipinski definition) is 7. The predicted octanol–water partition coefficient (Wildman–Crippen LogP) is 3.67. The zero-order valence-corrected chi connectivity index (χ0v) is 18.2. The summed E-state index contributed by atoms with van der Waals surface area (Å²) < 4.78 is 15.1. The third-order valence-corrected chi connectivity index (χ3v) is 6.66. The Balaban J connectivity index is 1.35. The molecule has 166 valence electrons. The molecular formula is C24H27FN6O. The molecule has 2 aliphatic heterocycles. The lowest BCUT2D eigenvalue weighted by atomic mass is 9.82. The second kappa shape index (κ2) is 8.43. The minimum absolute atomic E-state index is 0.0733. The van der Waals surface area contributed by atoms with Gasteiger partial charge in [0, 0.05) is 36.5 Å². The molecule has 2 bridgehead atoms. The van der Waals surface area contributed by atoms with E-state index in [0.29, 0.717) is 28.8 Å². The monoisotopic (exact) mass is 434 g/mol. The SMILES string of the molecule is Cc1cnc(-c2ccc(-c3ccc(N(C)[C@H]4C[C@H]5CCC[C@H](N5)[C@H]4F)nn3)c(O)c2)cn1. The lowest BCUT2D eigenvalue weighted by Crippen LogP contribution is -2.61. The summed E-state index contributed by atoms with van der Waals surface area (Å²) in [7, 11) is 1.89. The largest absolute Gasteiger partial charge is 0.507 e. The smallest absolute Gasteiger partial charge is 0.151 e. The molecule has 3 aromatic rings. The van der Waals surface area contributed by atoms with Crippen LogP contribution in [0.25, 0.3) is 22.5 Å². The van der Waals surface area contributed by atoms with E-state index >= 15 is 4.39 Å². The van der Waals surface area contributed by atoms with Crippen molar-refractivity contribution in [3.8, 4) is 28.3 Å². The van der Waals surface area contributed by atoms with Crippen LogP contribution in [0.3, 0.4) is 0 Å². The fourth-order valence-electron chi connectivity index (χ4n) is 4.83. The number of rotatable bonds is 4. The summed E-state index contributed by atoms with van der Waals surface area (Å²) in [6.45, 7) is 1.88. The molecule has 2 fully saturated rings. The van der Waals surface area contributed by atoms with Gasteiger partial charge in [-0.2, -0.15) is 0 Å². The van der Waals surface area contributed by atoms with Crippen LogP contribution in [-0.2, 0) is 0 Å². The summed E-state index contributed by atoms with van der Waals surface area (Å²) in [6, 6.07) is 9.06. The molecule has 4 heterocycles. The Morgan fingerprint density at radius 3 is 2.66 bits per heavy atom. The molecule has 0 unspecified atom stereocenters. The number of aryl methyl sites for hydroxylation is 1. The van der Waals surface area contributed by atoms with Crippen LogP contribution in [0.1, 0.15) is 31.4 Å². The Morgan fingerprint density at radius 2 is 1.94 bits per heavy atom. The Kier molecular flexibility index (Phi) is 5.46. The first-order chi connectivity index (χ1) is 15.5. The number of halogens is 1. The highest BCUT2D eigenvalue weighted by Gasteiger charge is 2.41. The Morgan fingerprint density at radius 1 is 1.06 bits per heavy atom. The van der Waals surface area contributed by atoms with Gasteiger partial charge in [0.15, 0.2) is 5.82 Å². The van der Waals surface area contributed by atoms with Gasteiger partial charge in [0.05, 0.1) is 29.3 Å². The Hall–Kier alpha value is -3.13. The summed E-state index contributed by atoms with van der Waals surface area (Å²) in [6.07, 6.45) is 6.28. The van der Waals surface area contributed by atoms with Gasteiger partial charge in [-0.1, -0.05) is 12.5 Å². The molecule has 0 saturated carbocycles. The van der Waals surface area contributed by atoms with E-state index in [1.807, 2.05) is 37.1 Å². The number of piperidine rings is 2. The van der Waals surface area contributed by atoms with Crippen molar-refractivity contribution < 1.29 is 9.50 Å². The average Bonchev–Trinajstić information content (AvgIpc) is 2.82. The molecule has 2 aromatic heterocycles. The summed E-state index contributed by atoms with van der Waals surface area (Å²) in [5.74, 6) is 0.725. The molecule has 5 rings (SSSR count). The van der Waals surface area contributed by atoms with E-state index in [1.54, 1.807) is 24.5 Å². The standard InChI is InChI=1S/C24H27FN6O/c1-14-12-27-20(13-26-14)15-6-7-17(22(32)10-15)18-8-9-23(30-29-18)31(2)21-11-16-4-3-5-19(28-16)24(21)25/h6-10,12-13,16,19,21,24,28,32H,3-5,11H2,1-2H3/t16-,19+,21+,24-/m1/s1. The van der Waals surface area contributed by atoms with Gasteiger partial charge in [-0.3, -0.25) is 9.97 Å². The van der Waals surface area contributed by atoms with Crippen molar-refractivity contribution in [2.24, 2.45) is 0 Å². The highest BCUT2D eigenvalue weighted by molar-refractivity contribution is 5.72. The summed E-state index contributed by atoms with van der Waals surface area (Å²) in [4.78, 5) is 10.5. The van der Waals surface area contributed by atoms with Crippen molar-refractivity contribution in [3.63, 3.8) is 0 Å². The van der Waals surface area contributed by atoms with Crippen molar-refractivity contribution in [2.75, 3.05) is 11.9 Å². The van der Waals surface area contributed by atoms with E-state index in [2.05, 4.69) is 25.5 Å². The van der Waals surface area contributed by atoms with Gasteiger partial charge in [0.1, 0.15) is 11.9 Å². The first-order valence-corrected chi connectivity index (χ1v) is 11.1. The van der Waals surface area contributed by atoms with Crippen molar-refractivity contribution in [1.29, 1.82) is 0 Å². The van der Waals surface area contributed by atoms with Crippen molar-refractivity contribution >= 4 is 5.82 Å². The maximum atomic E-state index is 15.1. The van der Waals surface area contributed by atoms with Gasteiger partial charge in [0.25, 0.3) is 0 Å². The molecule has 0 spiro atoms.